The van der Waals surface area contributed by atoms with E-state index in [0.717, 1.165) is 4.47 Å². The van der Waals surface area contributed by atoms with Crippen LogP contribution in [0.4, 0.5) is 0 Å². The third-order valence-corrected chi connectivity index (χ3v) is 7.93. The van der Waals surface area contributed by atoms with E-state index in [0.29, 0.717) is 0 Å². The molecule has 0 saturated carbocycles. The van der Waals surface area contributed by atoms with E-state index < -0.39 is 0 Å². The fourth-order valence-electron chi connectivity index (χ4n) is 6.04. The Morgan fingerprint density at radius 1 is 0.485 bits per heavy atom. The highest BCUT2D eigenvalue weighted by Crippen LogP contribution is 2.63. The topological polar surface area (TPSA) is 0 Å². The van der Waals surface area contributed by atoms with Crippen LogP contribution in [0.25, 0.3) is 33.4 Å². The van der Waals surface area contributed by atoms with Crippen LogP contribution in [-0.2, 0) is 5.41 Å². The molecular formula is C32H21Br. The molecule has 5 aromatic carbocycles. The lowest BCUT2D eigenvalue weighted by atomic mass is 9.70. The first-order chi connectivity index (χ1) is 16.2. The average molecular weight is 485 g/mol. The van der Waals surface area contributed by atoms with E-state index in [1.807, 2.05) is 0 Å². The van der Waals surface area contributed by atoms with E-state index in [-0.39, 0.29) is 5.41 Å². The minimum atomic E-state index is -0.303. The lowest BCUT2D eigenvalue weighted by Crippen LogP contribution is -2.25. The molecule has 156 valence electrons. The van der Waals surface area contributed by atoms with Crippen LogP contribution in [0.1, 0.15) is 27.8 Å². The normalized spacial score (nSPS) is 16.9. The molecule has 2 aliphatic carbocycles. The molecule has 1 heteroatoms. The summed E-state index contributed by atoms with van der Waals surface area (Å²) in [6.07, 6.45) is 0. The highest BCUT2D eigenvalue weighted by Gasteiger charge is 2.51. The molecule has 2 aliphatic rings. The van der Waals surface area contributed by atoms with Gasteiger partial charge in [-0.25, -0.2) is 0 Å². The fraction of sp³-hybridized carbons (Fsp3) is 0.0625. The van der Waals surface area contributed by atoms with Crippen molar-refractivity contribution < 1.29 is 0 Å². The molecule has 1 atom stereocenters. The molecule has 0 aromatic heterocycles. The van der Waals surface area contributed by atoms with Crippen molar-refractivity contribution in [3.63, 3.8) is 0 Å². The molecular weight excluding hydrogens is 464 g/mol. The Morgan fingerprint density at radius 2 is 1.00 bits per heavy atom. The van der Waals surface area contributed by atoms with Gasteiger partial charge in [0.2, 0.25) is 0 Å². The highest BCUT2D eigenvalue weighted by atomic mass is 79.9. The van der Waals surface area contributed by atoms with Crippen molar-refractivity contribution in [2.45, 2.75) is 12.3 Å². The molecule has 0 amide bonds. The molecule has 5 aromatic rings. The third kappa shape index (κ3) is 2.46. The summed E-state index contributed by atoms with van der Waals surface area (Å²) >= 11 is 3.78. The summed E-state index contributed by atoms with van der Waals surface area (Å²) in [5.41, 5.74) is 14.4. The molecule has 0 bridgehead atoms. The van der Waals surface area contributed by atoms with Crippen LogP contribution in [-0.4, -0.2) is 0 Å². The van der Waals surface area contributed by atoms with Crippen molar-refractivity contribution in [3.05, 3.63) is 141 Å². The Kier molecular flexibility index (Phi) is 3.93. The summed E-state index contributed by atoms with van der Waals surface area (Å²) in [5, 5.41) is 0. The predicted molar refractivity (Wildman–Crippen MR) is 141 cm³/mol. The van der Waals surface area contributed by atoms with Gasteiger partial charge in [-0.1, -0.05) is 112 Å². The van der Waals surface area contributed by atoms with Crippen molar-refractivity contribution in [1.82, 2.24) is 0 Å². The van der Waals surface area contributed by atoms with Gasteiger partial charge in [0.1, 0.15) is 0 Å². The van der Waals surface area contributed by atoms with Crippen LogP contribution < -0.4 is 0 Å². The van der Waals surface area contributed by atoms with Gasteiger partial charge in [0, 0.05) is 4.47 Å². The lowest BCUT2D eigenvalue weighted by Gasteiger charge is -2.30. The number of halogens is 1. The quantitative estimate of drug-likeness (QED) is 0.218. The van der Waals surface area contributed by atoms with Gasteiger partial charge in [0.25, 0.3) is 0 Å². The Labute approximate surface area is 202 Å². The number of rotatable bonds is 1. The Hall–Kier alpha value is -3.42. The minimum Gasteiger partial charge on any atom is -0.0619 e. The summed E-state index contributed by atoms with van der Waals surface area (Å²) in [4.78, 5) is 0. The van der Waals surface area contributed by atoms with Crippen LogP contribution in [0.15, 0.2) is 114 Å². The largest absolute Gasteiger partial charge is 0.0726 e. The van der Waals surface area contributed by atoms with Crippen molar-refractivity contribution in [1.29, 1.82) is 0 Å². The van der Waals surface area contributed by atoms with E-state index in [2.05, 4.69) is 132 Å². The zero-order valence-corrected chi connectivity index (χ0v) is 19.9. The van der Waals surface area contributed by atoms with Crippen molar-refractivity contribution in [2.24, 2.45) is 0 Å². The zero-order valence-electron chi connectivity index (χ0n) is 18.3. The standard InChI is InChI=1S/C32H21Br/c1-20-10-12-21(13-11-20)22-14-16-26-24-6-2-4-8-28(24)32(30(26)18-22)29-9-5-3-7-25(29)27-17-15-23(33)19-31(27)32/h2-19H,1H3. The SMILES string of the molecule is Cc1ccc(-c2ccc3c(c2)C2(c4ccccc4-c4ccc(Br)cc42)c2ccccc2-3)cc1. The molecule has 0 saturated heterocycles. The summed E-state index contributed by atoms with van der Waals surface area (Å²) in [7, 11) is 0. The average Bonchev–Trinajstić information content (AvgIpc) is 3.31. The van der Waals surface area contributed by atoms with Crippen LogP contribution in [0.3, 0.4) is 0 Å². The molecule has 1 unspecified atom stereocenters. The second kappa shape index (κ2) is 6.79. The van der Waals surface area contributed by atoms with E-state index in [9.17, 15) is 0 Å². The monoisotopic (exact) mass is 484 g/mol. The maximum absolute atomic E-state index is 3.78. The summed E-state index contributed by atoms with van der Waals surface area (Å²) in [5.74, 6) is 0. The Bertz CT molecular complexity index is 1560. The van der Waals surface area contributed by atoms with Crippen molar-refractivity contribution >= 4 is 15.9 Å². The zero-order chi connectivity index (χ0) is 22.2. The lowest BCUT2D eigenvalue weighted by molar-refractivity contribution is 0.793. The first-order valence-corrected chi connectivity index (χ1v) is 12.2. The molecule has 7 rings (SSSR count). The van der Waals surface area contributed by atoms with Crippen LogP contribution >= 0.6 is 15.9 Å². The fourth-order valence-corrected chi connectivity index (χ4v) is 6.40. The second-order valence-electron chi connectivity index (χ2n) is 9.16. The summed E-state index contributed by atoms with van der Waals surface area (Å²) in [6.45, 7) is 2.14. The summed E-state index contributed by atoms with van der Waals surface area (Å²) < 4.78 is 1.12. The van der Waals surface area contributed by atoms with Crippen LogP contribution in [0, 0.1) is 6.92 Å². The van der Waals surface area contributed by atoms with Gasteiger partial charge in [-0.3, -0.25) is 0 Å². The molecule has 0 heterocycles. The maximum atomic E-state index is 3.78. The molecule has 0 aliphatic heterocycles. The van der Waals surface area contributed by atoms with E-state index in [1.54, 1.807) is 0 Å². The number of fused-ring (bicyclic) bond motifs is 10. The molecule has 0 radical (unpaired) electrons. The van der Waals surface area contributed by atoms with Crippen molar-refractivity contribution in [3.8, 4) is 33.4 Å². The van der Waals surface area contributed by atoms with E-state index in [1.165, 1.54) is 61.2 Å². The highest BCUT2D eigenvalue weighted by molar-refractivity contribution is 9.10. The maximum Gasteiger partial charge on any atom is 0.0726 e. The number of hydrogen-bond acceptors (Lipinski definition) is 0. The molecule has 33 heavy (non-hydrogen) atoms. The van der Waals surface area contributed by atoms with E-state index in [4.69, 9.17) is 0 Å². The third-order valence-electron chi connectivity index (χ3n) is 7.44. The number of benzene rings is 5. The summed E-state index contributed by atoms with van der Waals surface area (Å²) in [6, 6.07) is 40.6. The van der Waals surface area contributed by atoms with Gasteiger partial charge >= 0.3 is 0 Å². The van der Waals surface area contributed by atoms with Crippen molar-refractivity contribution in [2.75, 3.05) is 0 Å². The van der Waals surface area contributed by atoms with Gasteiger partial charge in [0.05, 0.1) is 5.41 Å². The predicted octanol–water partition coefficient (Wildman–Crippen LogP) is 8.77. The number of aryl methyl sites for hydroxylation is 1. The second-order valence-corrected chi connectivity index (χ2v) is 10.1. The number of hydrogen-bond donors (Lipinski definition) is 0. The first-order valence-electron chi connectivity index (χ1n) is 11.4. The molecule has 0 N–H and O–H groups in total. The van der Waals surface area contributed by atoms with Gasteiger partial charge in [-0.05, 0) is 80.8 Å². The van der Waals surface area contributed by atoms with Gasteiger partial charge in [-0.15, -0.1) is 0 Å². The minimum absolute atomic E-state index is 0.303. The molecule has 1 spiro atoms. The van der Waals surface area contributed by atoms with Gasteiger partial charge in [0.15, 0.2) is 0 Å². The van der Waals surface area contributed by atoms with Gasteiger partial charge < -0.3 is 0 Å². The molecule has 0 nitrogen and oxygen atoms in total. The Morgan fingerprint density at radius 3 is 1.67 bits per heavy atom. The van der Waals surface area contributed by atoms with Gasteiger partial charge in [-0.2, -0.15) is 0 Å². The van der Waals surface area contributed by atoms with Crippen LogP contribution in [0.2, 0.25) is 0 Å². The smallest absolute Gasteiger partial charge is 0.0619 e. The molecule has 0 fully saturated rings. The Balaban J connectivity index is 1.62. The van der Waals surface area contributed by atoms with E-state index >= 15 is 0 Å². The van der Waals surface area contributed by atoms with Crippen LogP contribution in [0.5, 0.6) is 0 Å². The first kappa shape index (κ1) is 19.1.